The van der Waals surface area contributed by atoms with Crippen LogP contribution in [0.4, 0.5) is 4.39 Å². The normalized spacial score (nSPS) is 17.2. The fourth-order valence-corrected chi connectivity index (χ4v) is 3.35. The molecular formula is C20H23FN2O3. The maximum absolute atomic E-state index is 13.0. The molecule has 0 spiro atoms. The van der Waals surface area contributed by atoms with Gasteiger partial charge >= 0.3 is 0 Å². The zero-order chi connectivity index (χ0) is 18.7. The van der Waals surface area contributed by atoms with Crippen molar-refractivity contribution in [3.63, 3.8) is 0 Å². The molecule has 5 nitrogen and oxygen atoms in total. The highest BCUT2D eigenvalue weighted by Gasteiger charge is 2.33. The first-order valence-corrected chi connectivity index (χ1v) is 8.86. The maximum Gasteiger partial charge on any atom is 0.258 e. The van der Waals surface area contributed by atoms with E-state index in [4.69, 9.17) is 4.42 Å². The SMILES string of the molecule is Cc1cc(C(=O)N2CCCCC2C(=O)NCc2ccc(F)cc2)c(C)o1. The van der Waals surface area contributed by atoms with Crippen LogP contribution < -0.4 is 5.32 Å². The molecule has 1 unspecified atom stereocenters. The largest absolute Gasteiger partial charge is 0.466 e. The molecule has 1 aliphatic heterocycles. The zero-order valence-electron chi connectivity index (χ0n) is 15.0. The smallest absolute Gasteiger partial charge is 0.258 e. The molecule has 6 heteroatoms. The molecule has 0 saturated carbocycles. The van der Waals surface area contributed by atoms with Crippen molar-refractivity contribution in [3.8, 4) is 0 Å². The lowest BCUT2D eigenvalue weighted by Gasteiger charge is -2.34. The lowest BCUT2D eigenvalue weighted by Crippen LogP contribution is -2.51. The molecule has 0 aliphatic carbocycles. The Labute approximate surface area is 152 Å². The van der Waals surface area contributed by atoms with Gasteiger partial charge in [0.2, 0.25) is 5.91 Å². The van der Waals surface area contributed by atoms with Gasteiger partial charge in [0.25, 0.3) is 5.91 Å². The van der Waals surface area contributed by atoms with Gasteiger partial charge in [0.15, 0.2) is 0 Å². The van der Waals surface area contributed by atoms with E-state index in [1.165, 1.54) is 12.1 Å². The monoisotopic (exact) mass is 358 g/mol. The third kappa shape index (κ3) is 3.95. The van der Waals surface area contributed by atoms with Crippen LogP contribution in [0.3, 0.4) is 0 Å². The number of hydrogen-bond acceptors (Lipinski definition) is 3. The first kappa shape index (κ1) is 18.2. The third-order valence-corrected chi connectivity index (χ3v) is 4.72. The second-order valence-corrected chi connectivity index (χ2v) is 6.68. The molecule has 1 N–H and O–H groups in total. The maximum atomic E-state index is 13.0. The van der Waals surface area contributed by atoms with Gasteiger partial charge in [-0.15, -0.1) is 0 Å². The van der Waals surface area contributed by atoms with Crippen LogP contribution >= 0.6 is 0 Å². The van der Waals surface area contributed by atoms with Crippen molar-refractivity contribution < 1.29 is 18.4 Å². The number of amides is 2. The molecule has 1 aromatic heterocycles. The number of halogens is 1. The number of piperidine rings is 1. The average molecular weight is 358 g/mol. The number of nitrogens with one attached hydrogen (secondary N) is 1. The summed E-state index contributed by atoms with van der Waals surface area (Å²) in [6.07, 6.45) is 2.42. The summed E-state index contributed by atoms with van der Waals surface area (Å²) in [7, 11) is 0. The van der Waals surface area contributed by atoms with Crippen LogP contribution in [0.2, 0.25) is 0 Å². The Kier molecular flexibility index (Phi) is 5.40. The molecule has 2 heterocycles. The fourth-order valence-electron chi connectivity index (χ4n) is 3.35. The lowest BCUT2D eigenvalue weighted by molar-refractivity contribution is -0.126. The van der Waals surface area contributed by atoms with Gasteiger partial charge in [0, 0.05) is 13.1 Å². The standard InChI is InChI=1S/C20H23FN2O3/c1-13-11-17(14(2)26-13)20(25)23-10-4-3-5-18(23)19(24)22-12-15-6-8-16(21)9-7-15/h6-9,11,18H,3-5,10,12H2,1-2H3,(H,22,24). The predicted molar refractivity (Wildman–Crippen MR) is 95.1 cm³/mol. The summed E-state index contributed by atoms with van der Waals surface area (Å²) in [5.41, 5.74) is 1.33. The highest BCUT2D eigenvalue weighted by Crippen LogP contribution is 2.23. The van der Waals surface area contributed by atoms with E-state index >= 15 is 0 Å². The van der Waals surface area contributed by atoms with Gasteiger partial charge in [-0.2, -0.15) is 0 Å². The van der Waals surface area contributed by atoms with Crippen molar-refractivity contribution in [1.82, 2.24) is 10.2 Å². The van der Waals surface area contributed by atoms with Crippen molar-refractivity contribution >= 4 is 11.8 Å². The van der Waals surface area contributed by atoms with E-state index in [0.29, 0.717) is 36.6 Å². The molecule has 0 radical (unpaired) electrons. The molecule has 26 heavy (non-hydrogen) atoms. The van der Waals surface area contributed by atoms with E-state index in [0.717, 1.165) is 18.4 Å². The Hall–Kier alpha value is -2.63. The topological polar surface area (TPSA) is 62.6 Å². The minimum Gasteiger partial charge on any atom is -0.466 e. The number of carbonyl (C=O) groups is 2. The summed E-state index contributed by atoms with van der Waals surface area (Å²) in [5.74, 6) is 0.597. The number of nitrogens with zero attached hydrogens (tertiary/aromatic N) is 1. The van der Waals surface area contributed by atoms with Crippen LogP contribution in [0, 0.1) is 19.7 Å². The van der Waals surface area contributed by atoms with Crippen LogP contribution in [0.5, 0.6) is 0 Å². The van der Waals surface area contributed by atoms with Crippen molar-refractivity contribution in [2.24, 2.45) is 0 Å². The van der Waals surface area contributed by atoms with Crippen molar-refractivity contribution in [2.45, 2.75) is 45.7 Å². The molecule has 1 saturated heterocycles. The molecule has 1 aromatic carbocycles. The lowest BCUT2D eigenvalue weighted by atomic mass is 10.00. The predicted octanol–water partition coefficient (Wildman–Crippen LogP) is 3.35. The van der Waals surface area contributed by atoms with E-state index in [2.05, 4.69) is 5.32 Å². The number of likely N-dealkylation sites (tertiary alicyclic amines) is 1. The van der Waals surface area contributed by atoms with Gasteiger partial charge in [-0.05, 0) is 56.9 Å². The number of rotatable bonds is 4. The fraction of sp³-hybridized carbons (Fsp3) is 0.400. The Morgan fingerprint density at radius 1 is 1.23 bits per heavy atom. The quantitative estimate of drug-likeness (QED) is 0.912. The van der Waals surface area contributed by atoms with E-state index in [1.54, 1.807) is 36.9 Å². The second kappa shape index (κ2) is 7.72. The summed E-state index contributed by atoms with van der Waals surface area (Å²) < 4.78 is 18.4. The summed E-state index contributed by atoms with van der Waals surface area (Å²) in [6, 6.07) is 7.23. The number of hydrogen-bond donors (Lipinski definition) is 1. The summed E-state index contributed by atoms with van der Waals surface area (Å²) >= 11 is 0. The Balaban J connectivity index is 1.69. The van der Waals surface area contributed by atoms with E-state index in [9.17, 15) is 14.0 Å². The van der Waals surface area contributed by atoms with Gasteiger partial charge in [0.05, 0.1) is 5.56 Å². The molecule has 138 valence electrons. The number of furan rings is 1. The molecule has 1 aliphatic rings. The molecule has 1 fully saturated rings. The second-order valence-electron chi connectivity index (χ2n) is 6.68. The molecular weight excluding hydrogens is 335 g/mol. The molecule has 2 amide bonds. The third-order valence-electron chi connectivity index (χ3n) is 4.72. The van der Waals surface area contributed by atoms with Crippen LogP contribution in [0.25, 0.3) is 0 Å². The highest BCUT2D eigenvalue weighted by molar-refractivity contribution is 5.98. The van der Waals surface area contributed by atoms with Gasteiger partial charge in [0.1, 0.15) is 23.4 Å². The minimum absolute atomic E-state index is 0.166. The van der Waals surface area contributed by atoms with E-state index < -0.39 is 6.04 Å². The van der Waals surface area contributed by atoms with Gasteiger partial charge in [-0.3, -0.25) is 9.59 Å². The van der Waals surface area contributed by atoms with Gasteiger partial charge < -0.3 is 14.6 Å². The molecule has 3 rings (SSSR count). The number of benzene rings is 1. The van der Waals surface area contributed by atoms with E-state index in [-0.39, 0.29) is 17.6 Å². The number of aryl methyl sites for hydroxylation is 2. The van der Waals surface area contributed by atoms with Crippen molar-refractivity contribution in [2.75, 3.05) is 6.54 Å². The zero-order valence-corrected chi connectivity index (χ0v) is 15.0. The first-order chi connectivity index (χ1) is 12.5. The van der Waals surface area contributed by atoms with Crippen LogP contribution in [-0.4, -0.2) is 29.3 Å². The summed E-state index contributed by atoms with van der Waals surface area (Å²) in [5, 5.41) is 2.87. The Bertz CT molecular complexity index is 798. The summed E-state index contributed by atoms with van der Waals surface area (Å²) in [4.78, 5) is 27.2. The summed E-state index contributed by atoms with van der Waals surface area (Å²) in [6.45, 7) is 4.42. The molecule has 0 bridgehead atoms. The highest BCUT2D eigenvalue weighted by atomic mass is 19.1. The van der Waals surface area contributed by atoms with Crippen molar-refractivity contribution in [1.29, 1.82) is 0 Å². The van der Waals surface area contributed by atoms with Gasteiger partial charge in [-0.1, -0.05) is 12.1 Å². The Morgan fingerprint density at radius 2 is 1.96 bits per heavy atom. The number of carbonyl (C=O) groups excluding carboxylic acids is 2. The van der Waals surface area contributed by atoms with Gasteiger partial charge in [-0.25, -0.2) is 4.39 Å². The van der Waals surface area contributed by atoms with Crippen LogP contribution in [0.15, 0.2) is 34.7 Å². The Morgan fingerprint density at radius 3 is 2.62 bits per heavy atom. The van der Waals surface area contributed by atoms with E-state index in [1.807, 2.05) is 0 Å². The van der Waals surface area contributed by atoms with Crippen LogP contribution in [-0.2, 0) is 11.3 Å². The molecule has 1 atom stereocenters. The first-order valence-electron chi connectivity index (χ1n) is 8.86. The average Bonchev–Trinajstić information content (AvgIpc) is 2.98. The van der Waals surface area contributed by atoms with Crippen LogP contribution in [0.1, 0.15) is 46.7 Å². The minimum atomic E-state index is -0.494. The molecule has 2 aromatic rings. The van der Waals surface area contributed by atoms with Crippen molar-refractivity contribution in [3.05, 3.63) is 58.8 Å².